The third kappa shape index (κ3) is 3.01. The highest BCUT2D eigenvalue weighted by Gasteiger charge is 2.10. The average molecular weight is 191 g/mol. The van der Waals surface area contributed by atoms with E-state index < -0.39 is 5.97 Å². The Kier molecular flexibility index (Phi) is 3.85. The van der Waals surface area contributed by atoms with Crippen LogP contribution >= 0.6 is 0 Å². The minimum Gasteiger partial charge on any atom is -0.422 e. The van der Waals surface area contributed by atoms with E-state index in [0.29, 0.717) is 12.2 Å². The summed E-state index contributed by atoms with van der Waals surface area (Å²) in [4.78, 5) is 11.3. The standard InChI is InChI=1S/C11H13NO2/c1-2-6-10(12)11(13)14-9-7-4-3-5-8-9/h3-5,7-8,12H,2,6H2,1H3. The van der Waals surface area contributed by atoms with Gasteiger partial charge in [-0.15, -0.1) is 0 Å². The fourth-order valence-electron chi connectivity index (χ4n) is 1.01. The van der Waals surface area contributed by atoms with Gasteiger partial charge in [0.2, 0.25) is 0 Å². The first-order valence-electron chi connectivity index (χ1n) is 4.58. The summed E-state index contributed by atoms with van der Waals surface area (Å²) in [7, 11) is 0. The van der Waals surface area contributed by atoms with Crippen LogP contribution in [0.1, 0.15) is 19.8 Å². The molecule has 3 heteroatoms. The van der Waals surface area contributed by atoms with E-state index in [-0.39, 0.29) is 5.71 Å². The van der Waals surface area contributed by atoms with Crippen LogP contribution in [0.25, 0.3) is 0 Å². The molecule has 0 radical (unpaired) electrons. The second-order valence-corrected chi connectivity index (χ2v) is 2.93. The smallest absolute Gasteiger partial charge is 0.357 e. The molecule has 0 bridgehead atoms. The van der Waals surface area contributed by atoms with Gasteiger partial charge in [0.1, 0.15) is 11.5 Å². The molecule has 0 unspecified atom stereocenters. The molecule has 0 aliphatic heterocycles. The van der Waals surface area contributed by atoms with E-state index in [1.54, 1.807) is 24.3 Å². The fourth-order valence-corrected chi connectivity index (χ4v) is 1.01. The molecule has 0 atom stereocenters. The number of esters is 1. The molecule has 0 fully saturated rings. The molecule has 74 valence electrons. The zero-order chi connectivity index (χ0) is 10.4. The number of para-hydroxylation sites is 1. The van der Waals surface area contributed by atoms with Gasteiger partial charge in [-0.3, -0.25) is 5.41 Å². The Bertz CT molecular complexity index is 319. The van der Waals surface area contributed by atoms with E-state index in [1.807, 2.05) is 13.0 Å². The molecular formula is C11H13NO2. The fraction of sp³-hybridized carbons (Fsp3) is 0.273. The third-order valence-corrected chi connectivity index (χ3v) is 1.70. The lowest BCUT2D eigenvalue weighted by atomic mass is 10.2. The molecule has 0 saturated carbocycles. The summed E-state index contributed by atoms with van der Waals surface area (Å²) in [6, 6.07) is 8.79. The highest BCUT2D eigenvalue weighted by Crippen LogP contribution is 2.09. The largest absolute Gasteiger partial charge is 0.422 e. The SMILES string of the molecule is CCCC(=N)C(=O)Oc1ccccc1. The van der Waals surface area contributed by atoms with Crippen molar-refractivity contribution in [3.63, 3.8) is 0 Å². The van der Waals surface area contributed by atoms with Crippen molar-refractivity contribution in [1.82, 2.24) is 0 Å². The van der Waals surface area contributed by atoms with E-state index >= 15 is 0 Å². The van der Waals surface area contributed by atoms with Crippen LogP contribution in [0, 0.1) is 5.41 Å². The Morgan fingerprint density at radius 2 is 2.00 bits per heavy atom. The monoisotopic (exact) mass is 191 g/mol. The Morgan fingerprint density at radius 1 is 1.36 bits per heavy atom. The summed E-state index contributed by atoms with van der Waals surface area (Å²) < 4.78 is 4.97. The van der Waals surface area contributed by atoms with Gasteiger partial charge >= 0.3 is 5.97 Å². The Labute approximate surface area is 83.2 Å². The molecule has 0 aliphatic carbocycles. The second-order valence-electron chi connectivity index (χ2n) is 2.93. The first kappa shape index (κ1) is 10.4. The van der Waals surface area contributed by atoms with Gasteiger partial charge in [0.15, 0.2) is 0 Å². The van der Waals surface area contributed by atoms with Gasteiger partial charge in [-0.2, -0.15) is 0 Å². The van der Waals surface area contributed by atoms with Crippen molar-refractivity contribution in [2.24, 2.45) is 0 Å². The van der Waals surface area contributed by atoms with Crippen LogP contribution in [-0.2, 0) is 4.79 Å². The second kappa shape index (κ2) is 5.17. The minimum atomic E-state index is -0.557. The summed E-state index contributed by atoms with van der Waals surface area (Å²) >= 11 is 0. The number of benzene rings is 1. The average Bonchev–Trinajstić information content (AvgIpc) is 2.19. The van der Waals surface area contributed by atoms with E-state index in [2.05, 4.69) is 0 Å². The number of hydrogen-bond donors (Lipinski definition) is 1. The highest BCUT2D eigenvalue weighted by atomic mass is 16.5. The topological polar surface area (TPSA) is 50.2 Å². The quantitative estimate of drug-likeness (QED) is 0.451. The van der Waals surface area contributed by atoms with E-state index in [4.69, 9.17) is 10.1 Å². The Morgan fingerprint density at radius 3 is 2.57 bits per heavy atom. The maximum absolute atomic E-state index is 11.3. The predicted molar refractivity (Wildman–Crippen MR) is 54.7 cm³/mol. The van der Waals surface area contributed by atoms with E-state index in [0.717, 1.165) is 6.42 Å². The van der Waals surface area contributed by atoms with Crippen molar-refractivity contribution < 1.29 is 9.53 Å². The summed E-state index contributed by atoms with van der Waals surface area (Å²) in [5.41, 5.74) is 0.0244. The van der Waals surface area contributed by atoms with Crippen LogP contribution < -0.4 is 4.74 Å². The number of hydrogen-bond acceptors (Lipinski definition) is 3. The highest BCUT2D eigenvalue weighted by molar-refractivity contribution is 6.35. The van der Waals surface area contributed by atoms with Crippen molar-refractivity contribution in [3.05, 3.63) is 30.3 Å². The molecule has 0 heterocycles. The number of ether oxygens (including phenoxy) is 1. The number of rotatable bonds is 4. The maximum atomic E-state index is 11.3. The van der Waals surface area contributed by atoms with Crippen molar-refractivity contribution in [3.8, 4) is 5.75 Å². The Balaban J connectivity index is 2.53. The molecule has 1 rings (SSSR count). The molecular weight excluding hydrogens is 178 g/mol. The minimum absolute atomic E-state index is 0.0244. The van der Waals surface area contributed by atoms with Crippen LogP contribution in [0.4, 0.5) is 0 Å². The van der Waals surface area contributed by atoms with E-state index in [1.165, 1.54) is 0 Å². The van der Waals surface area contributed by atoms with Gasteiger partial charge in [0, 0.05) is 0 Å². The summed E-state index contributed by atoms with van der Waals surface area (Å²) in [6.07, 6.45) is 1.24. The van der Waals surface area contributed by atoms with Gasteiger partial charge in [-0.05, 0) is 18.6 Å². The molecule has 0 aliphatic rings. The molecule has 0 amide bonds. The first-order valence-corrected chi connectivity index (χ1v) is 4.58. The Hall–Kier alpha value is -1.64. The molecule has 0 aromatic heterocycles. The van der Waals surface area contributed by atoms with Crippen molar-refractivity contribution in [1.29, 1.82) is 5.41 Å². The number of nitrogens with one attached hydrogen (secondary N) is 1. The van der Waals surface area contributed by atoms with Crippen LogP contribution in [0.3, 0.4) is 0 Å². The van der Waals surface area contributed by atoms with Crippen LogP contribution in [-0.4, -0.2) is 11.7 Å². The summed E-state index contributed by atoms with van der Waals surface area (Å²) in [6.45, 7) is 1.92. The van der Waals surface area contributed by atoms with Crippen LogP contribution in [0.2, 0.25) is 0 Å². The van der Waals surface area contributed by atoms with Crippen molar-refractivity contribution in [2.45, 2.75) is 19.8 Å². The first-order chi connectivity index (χ1) is 6.74. The lowest BCUT2D eigenvalue weighted by molar-refractivity contribution is -0.127. The van der Waals surface area contributed by atoms with Crippen molar-refractivity contribution >= 4 is 11.7 Å². The zero-order valence-electron chi connectivity index (χ0n) is 8.12. The predicted octanol–water partition coefficient (Wildman–Crippen LogP) is 2.41. The number of carbonyl (C=O) groups is 1. The van der Waals surface area contributed by atoms with Gasteiger partial charge < -0.3 is 4.74 Å². The van der Waals surface area contributed by atoms with Crippen molar-refractivity contribution in [2.75, 3.05) is 0 Å². The van der Waals surface area contributed by atoms with E-state index in [9.17, 15) is 4.79 Å². The molecule has 0 saturated heterocycles. The molecule has 1 aromatic rings. The molecule has 0 spiro atoms. The summed E-state index contributed by atoms with van der Waals surface area (Å²) in [5.74, 6) is -0.0728. The third-order valence-electron chi connectivity index (χ3n) is 1.70. The van der Waals surface area contributed by atoms with Crippen LogP contribution in [0.15, 0.2) is 30.3 Å². The van der Waals surface area contributed by atoms with Gasteiger partial charge in [0.05, 0.1) is 0 Å². The molecule has 14 heavy (non-hydrogen) atoms. The number of carbonyl (C=O) groups excluding carboxylic acids is 1. The van der Waals surface area contributed by atoms with Gasteiger partial charge in [0.25, 0.3) is 0 Å². The molecule has 1 N–H and O–H groups in total. The maximum Gasteiger partial charge on any atom is 0.357 e. The zero-order valence-corrected chi connectivity index (χ0v) is 8.12. The van der Waals surface area contributed by atoms with Gasteiger partial charge in [-0.25, -0.2) is 4.79 Å². The molecule has 3 nitrogen and oxygen atoms in total. The van der Waals surface area contributed by atoms with Gasteiger partial charge in [-0.1, -0.05) is 31.5 Å². The normalized spacial score (nSPS) is 9.50. The van der Waals surface area contributed by atoms with Crippen LogP contribution in [0.5, 0.6) is 5.75 Å². The lowest BCUT2D eigenvalue weighted by Gasteiger charge is -2.03. The molecule has 1 aromatic carbocycles. The lowest BCUT2D eigenvalue weighted by Crippen LogP contribution is -2.19. The summed E-state index contributed by atoms with van der Waals surface area (Å²) in [5, 5.41) is 7.37.